The van der Waals surface area contributed by atoms with Gasteiger partial charge in [-0.05, 0) is 43.0 Å². The van der Waals surface area contributed by atoms with Crippen molar-refractivity contribution >= 4 is 33.1 Å². The quantitative estimate of drug-likeness (QED) is 0.737. The molecule has 0 spiro atoms. The van der Waals surface area contributed by atoms with E-state index in [9.17, 15) is 4.79 Å². The minimum Gasteiger partial charge on any atom is -0.312 e. The number of fused-ring (bicyclic) bond motifs is 2. The standard InChI is InChI=1S/C18H17N3OS/c22-18(21-11-9-13-12-19-10-8-15(13)21)7-3-6-17-20-14-4-1-2-5-16(14)23-17/h1-2,4-5,8,10,12H,3,6-7,9,11H2. The first-order valence-electron chi connectivity index (χ1n) is 7.89. The molecule has 23 heavy (non-hydrogen) atoms. The summed E-state index contributed by atoms with van der Waals surface area (Å²) in [5.41, 5.74) is 3.26. The van der Waals surface area contributed by atoms with Gasteiger partial charge in [0.1, 0.15) is 0 Å². The third-order valence-electron chi connectivity index (χ3n) is 4.19. The summed E-state index contributed by atoms with van der Waals surface area (Å²) in [5, 5.41) is 1.12. The third-order valence-corrected chi connectivity index (χ3v) is 5.29. The lowest BCUT2D eigenvalue weighted by Gasteiger charge is -2.16. The van der Waals surface area contributed by atoms with Crippen molar-refractivity contribution in [3.63, 3.8) is 0 Å². The van der Waals surface area contributed by atoms with Gasteiger partial charge in [0.05, 0.1) is 15.2 Å². The topological polar surface area (TPSA) is 46.1 Å². The third kappa shape index (κ3) is 2.84. The van der Waals surface area contributed by atoms with Crippen LogP contribution in [0.15, 0.2) is 42.7 Å². The number of hydrogen-bond acceptors (Lipinski definition) is 4. The maximum atomic E-state index is 12.5. The van der Waals surface area contributed by atoms with Gasteiger partial charge in [0, 0.05) is 31.0 Å². The second kappa shape index (κ2) is 6.08. The summed E-state index contributed by atoms with van der Waals surface area (Å²) in [5.74, 6) is 0.205. The van der Waals surface area contributed by atoms with E-state index < -0.39 is 0 Å². The van der Waals surface area contributed by atoms with Crippen molar-refractivity contribution in [1.29, 1.82) is 0 Å². The number of rotatable bonds is 4. The van der Waals surface area contributed by atoms with Crippen LogP contribution in [0.1, 0.15) is 23.4 Å². The van der Waals surface area contributed by atoms with Gasteiger partial charge in [0.25, 0.3) is 0 Å². The number of para-hydroxylation sites is 1. The van der Waals surface area contributed by atoms with E-state index in [2.05, 4.69) is 16.0 Å². The Morgan fingerprint density at radius 2 is 2.17 bits per heavy atom. The van der Waals surface area contributed by atoms with Gasteiger partial charge >= 0.3 is 0 Å². The Kier molecular flexibility index (Phi) is 3.79. The SMILES string of the molecule is O=C(CCCc1nc2ccccc2s1)N1CCc2cnccc21. The molecule has 3 heterocycles. The first-order chi connectivity index (χ1) is 11.3. The van der Waals surface area contributed by atoms with Crippen LogP contribution in [0, 0.1) is 0 Å². The monoisotopic (exact) mass is 323 g/mol. The van der Waals surface area contributed by atoms with E-state index >= 15 is 0 Å². The van der Waals surface area contributed by atoms with E-state index in [1.54, 1.807) is 17.5 Å². The highest BCUT2D eigenvalue weighted by atomic mass is 32.1. The lowest BCUT2D eigenvalue weighted by atomic mass is 10.2. The fourth-order valence-corrected chi connectivity index (χ4v) is 4.05. The van der Waals surface area contributed by atoms with E-state index in [1.165, 1.54) is 10.3 Å². The van der Waals surface area contributed by atoms with Gasteiger partial charge in [0.15, 0.2) is 0 Å². The fraction of sp³-hybridized carbons (Fsp3) is 0.278. The van der Waals surface area contributed by atoms with Crippen molar-refractivity contribution in [2.24, 2.45) is 0 Å². The van der Waals surface area contributed by atoms with E-state index in [1.807, 2.05) is 35.4 Å². The molecule has 1 amide bonds. The van der Waals surface area contributed by atoms with Crippen LogP contribution < -0.4 is 4.90 Å². The number of anilines is 1. The lowest BCUT2D eigenvalue weighted by molar-refractivity contribution is -0.118. The molecule has 0 radical (unpaired) electrons. The number of aromatic nitrogens is 2. The van der Waals surface area contributed by atoms with Crippen molar-refractivity contribution in [3.05, 3.63) is 53.3 Å². The molecule has 0 bridgehead atoms. The predicted octanol–water partition coefficient (Wildman–Crippen LogP) is 3.60. The Labute approximate surface area is 138 Å². The molecule has 1 aliphatic heterocycles. The summed E-state index contributed by atoms with van der Waals surface area (Å²) >= 11 is 1.73. The molecule has 4 rings (SSSR count). The van der Waals surface area contributed by atoms with Crippen LogP contribution in [-0.2, 0) is 17.6 Å². The molecule has 5 heteroatoms. The minimum atomic E-state index is 0.205. The Bertz CT molecular complexity index is 825. The number of amides is 1. The van der Waals surface area contributed by atoms with E-state index in [4.69, 9.17) is 0 Å². The average molecular weight is 323 g/mol. The first-order valence-corrected chi connectivity index (χ1v) is 8.70. The van der Waals surface area contributed by atoms with Crippen LogP contribution in [0.5, 0.6) is 0 Å². The molecule has 116 valence electrons. The van der Waals surface area contributed by atoms with Crippen molar-refractivity contribution < 1.29 is 4.79 Å². The Balaban J connectivity index is 1.37. The number of thiazole rings is 1. The second-order valence-corrected chi connectivity index (χ2v) is 6.84. The fourth-order valence-electron chi connectivity index (χ4n) is 3.04. The smallest absolute Gasteiger partial charge is 0.227 e. The molecule has 0 aliphatic carbocycles. The maximum Gasteiger partial charge on any atom is 0.227 e. The van der Waals surface area contributed by atoms with Gasteiger partial charge in [-0.2, -0.15) is 0 Å². The summed E-state index contributed by atoms with van der Waals surface area (Å²) in [4.78, 5) is 23.1. The summed E-state index contributed by atoms with van der Waals surface area (Å²) in [6.45, 7) is 0.779. The van der Waals surface area contributed by atoms with Gasteiger partial charge in [-0.15, -0.1) is 11.3 Å². The largest absolute Gasteiger partial charge is 0.312 e. The Hall–Kier alpha value is -2.27. The minimum absolute atomic E-state index is 0.205. The van der Waals surface area contributed by atoms with Crippen molar-refractivity contribution in [3.8, 4) is 0 Å². The highest BCUT2D eigenvalue weighted by Gasteiger charge is 2.23. The zero-order chi connectivity index (χ0) is 15.6. The van der Waals surface area contributed by atoms with Crippen molar-refractivity contribution in [2.75, 3.05) is 11.4 Å². The first kappa shape index (κ1) is 14.3. The molecule has 1 aromatic carbocycles. The number of aryl methyl sites for hydroxylation is 1. The number of pyridine rings is 1. The number of hydrogen-bond donors (Lipinski definition) is 0. The van der Waals surface area contributed by atoms with Crippen LogP contribution in [0.25, 0.3) is 10.2 Å². The van der Waals surface area contributed by atoms with Gasteiger partial charge in [0.2, 0.25) is 5.91 Å². The molecule has 0 unspecified atom stereocenters. The van der Waals surface area contributed by atoms with E-state index in [0.29, 0.717) is 6.42 Å². The number of carbonyl (C=O) groups excluding carboxylic acids is 1. The van der Waals surface area contributed by atoms with E-state index in [-0.39, 0.29) is 5.91 Å². The lowest BCUT2D eigenvalue weighted by Crippen LogP contribution is -2.28. The average Bonchev–Trinajstić information content (AvgIpc) is 3.18. The maximum absolute atomic E-state index is 12.5. The predicted molar refractivity (Wildman–Crippen MR) is 92.9 cm³/mol. The zero-order valence-electron chi connectivity index (χ0n) is 12.7. The van der Waals surface area contributed by atoms with Gasteiger partial charge in [-0.25, -0.2) is 4.98 Å². The molecule has 2 aromatic heterocycles. The highest BCUT2D eigenvalue weighted by molar-refractivity contribution is 7.18. The Morgan fingerprint density at radius 1 is 1.26 bits per heavy atom. The molecule has 1 aliphatic rings. The number of nitrogens with zero attached hydrogens (tertiary/aromatic N) is 3. The molecule has 0 fully saturated rings. The van der Waals surface area contributed by atoms with Crippen LogP contribution in [0.3, 0.4) is 0 Å². The molecule has 0 N–H and O–H groups in total. The summed E-state index contributed by atoms with van der Waals surface area (Å²) in [6.07, 6.45) is 6.80. The zero-order valence-corrected chi connectivity index (χ0v) is 13.6. The summed E-state index contributed by atoms with van der Waals surface area (Å²) in [7, 11) is 0. The van der Waals surface area contributed by atoms with Crippen LogP contribution >= 0.6 is 11.3 Å². The summed E-state index contributed by atoms with van der Waals surface area (Å²) in [6, 6.07) is 10.1. The molecule has 0 atom stereocenters. The van der Waals surface area contributed by atoms with Crippen LogP contribution in [-0.4, -0.2) is 22.4 Å². The highest BCUT2D eigenvalue weighted by Crippen LogP contribution is 2.28. The molecular formula is C18H17N3OS. The van der Waals surface area contributed by atoms with Gasteiger partial charge in [-0.3, -0.25) is 9.78 Å². The van der Waals surface area contributed by atoms with Gasteiger partial charge < -0.3 is 4.90 Å². The molecule has 4 nitrogen and oxygen atoms in total. The van der Waals surface area contributed by atoms with Crippen LogP contribution in [0.4, 0.5) is 5.69 Å². The molecule has 3 aromatic rings. The van der Waals surface area contributed by atoms with E-state index in [0.717, 1.165) is 42.0 Å². The second-order valence-electron chi connectivity index (χ2n) is 5.73. The van der Waals surface area contributed by atoms with Crippen molar-refractivity contribution in [1.82, 2.24) is 9.97 Å². The number of carbonyl (C=O) groups is 1. The molecular weight excluding hydrogens is 306 g/mol. The summed E-state index contributed by atoms with van der Waals surface area (Å²) < 4.78 is 1.22. The molecule has 0 saturated carbocycles. The van der Waals surface area contributed by atoms with Crippen molar-refractivity contribution in [2.45, 2.75) is 25.7 Å². The number of benzene rings is 1. The Morgan fingerprint density at radius 3 is 3.09 bits per heavy atom. The van der Waals surface area contributed by atoms with Crippen LogP contribution in [0.2, 0.25) is 0 Å². The molecule has 0 saturated heterocycles. The normalized spacial score (nSPS) is 13.5. The van der Waals surface area contributed by atoms with Gasteiger partial charge in [-0.1, -0.05) is 12.1 Å².